The van der Waals surface area contributed by atoms with E-state index in [1.54, 1.807) is 35.5 Å². The first-order valence-corrected chi connectivity index (χ1v) is 13.2. The molecule has 13 heteroatoms. The normalized spacial score (nSPS) is 22.8. The summed E-state index contributed by atoms with van der Waals surface area (Å²) in [5.74, 6) is -0.0463. The first-order chi connectivity index (χ1) is 15.4. The van der Waals surface area contributed by atoms with Gasteiger partial charge in [-0.15, -0.1) is 0 Å². The summed E-state index contributed by atoms with van der Waals surface area (Å²) in [4.78, 5) is 35.4. The standard InChI is InChI=1S/C20H26Cl2N4O6S/c1-20(2,3)32-19(28)25-4-5-26-12(10-25)11-31-15-13(18(26)27)17(23-16(22)14(15)21)24-6-8-33(29,30)9-7-24/h12H,4-11H2,1-3H3/t12-/m1/s1. The summed E-state index contributed by atoms with van der Waals surface area (Å²) < 4.78 is 35.2. The van der Waals surface area contributed by atoms with Gasteiger partial charge in [-0.25, -0.2) is 18.2 Å². The molecule has 0 radical (unpaired) electrons. The van der Waals surface area contributed by atoms with Crippen LogP contribution in [0.1, 0.15) is 31.1 Å². The SMILES string of the molecule is CC(C)(C)OC(=O)N1CCN2C(=O)c3c(N4CCS(=O)(=O)CC4)nc(Cl)c(Cl)c3OC[C@H]2C1. The summed E-state index contributed by atoms with van der Waals surface area (Å²) in [6.07, 6.45) is -0.450. The van der Waals surface area contributed by atoms with E-state index >= 15 is 0 Å². The van der Waals surface area contributed by atoms with Crippen LogP contribution in [-0.4, -0.2) is 97.7 Å². The minimum Gasteiger partial charge on any atom is -0.489 e. The van der Waals surface area contributed by atoms with Crippen LogP contribution in [0.25, 0.3) is 0 Å². The molecule has 33 heavy (non-hydrogen) atoms. The number of fused-ring (bicyclic) bond motifs is 2. The predicted octanol–water partition coefficient (Wildman–Crippen LogP) is 2.08. The molecule has 0 aromatic carbocycles. The minimum absolute atomic E-state index is 0.0252. The summed E-state index contributed by atoms with van der Waals surface area (Å²) in [6.45, 7) is 6.67. The van der Waals surface area contributed by atoms with Gasteiger partial charge in [-0.2, -0.15) is 0 Å². The molecule has 3 aliphatic heterocycles. The van der Waals surface area contributed by atoms with Crippen molar-refractivity contribution in [2.24, 2.45) is 0 Å². The van der Waals surface area contributed by atoms with Crippen LogP contribution in [0.4, 0.5) is 10.6 Å². The highest BCUT2D eigenvalue weighted by molar-refractivity contribution is 7.91. The van der Waals surface area contributed by atoms with Crippen LogP contribution in [0.2, 0.25) is 10.2 Å². The Morgan fingerprint density at radius 3 is 2.45 bits per heavy atom. The van der Waals surface area contributed by atoms with Crippen LogP contribution in [0.15, 0.2) is 0 Å². The molecule has 10 nitrogen and oxygen atoms in total. The van der Waals surface area contributed by atoms with Crippen molar-refractivity contribution in [1.82, 2.24) is 14.8 Å². The third kappa shape index (κ3) is 4.95. The van der Waals surface area contributed by atoms with Gasteiger partial charge < -0.3 is 24.2 Å². The Labute approximate surface area is 202 Å². The molecule has 4 rings (SSSR count). The van der Waals surface area contributed by atoms with Gasteiger partial charge in [0.25, 0.3) is 5.91 Å². The number of halogens is 2. The second kappa shape index (κ2) is 8.66. The molecular weight excluding hydrogens is 495 g/mol. The average Bonchev–Trinajstić information content (AvgIpc) is 2.86. The van der Waals surface area contributed by atoms with Crippen molar-refractivity contribution in [3.63, 3.8) is 0 Å². The fourth-order valence-corrected chi connectivity index (χ4v) is 5.62. The van der Waals surface area contributed by atoms with E-state index < -0.39 is 27.6 Å². The number of pyridine rings is 1. The zero-order valence-corrected chi connectivity index (χ0v) is 21.0. The smallest absolute Gasteiger partial charge is 0.410 e. The van der Waals surface area contributed by atoms with E-state index in [0.717, 1.165) is 0 Å². The molecule has 2 saturated heterocycles. The zero-order chi connectivity index (χ0) is 24.1. The highest BCUT2D eigenvalue weighted by atomic mass is 35.5. The number of sulfone groups is 1. The molecule has 1 aromatic heterocycles. The maximum Gasteiger partial charge on any atom is 0.410 e. The molecule has 0 aliphatic carbocycles. The number of piperazine rings is 1. The fourth-order valence-electron chi connectivity index (χ4n) is 4.07. The lowest BCUT2D eigenvalue weighted by molar-refractivity contribution is 0.000954. The van der Waals surface area contributed by atoms with Crippen LogP contribution in [-0.2, 0) is 14.6 Å². The van der Waals surface area contributed by atoms with Crippen molar-refractivity contribution in [2.45, 2.75) is 32.4 Å². The first kappa shape index (κ1) is 24.2. The Hall–Kier alpha value is -1.98. The zero-order valence-electron chi connectivity index (χ0n) is 18.6. The number of carbonyl (C=O) groups excluding carboxylic acids is 2. The Kier molecular flexibility index (Phi) is 6.34. The van der Waals surface area contributed by atoms with Gasteiger partial charge in [-0.1, -0.05) is 23.2 Å². The molecular formula is C20H26Cl2N4O6S. The number of aromatic nitrogens is 1. The maximum absolute atomic E-state index is 13.7. The van der Waals surface area contributed by atoms with Crippen molar-refractivity contribution in [2.75, 3.05) is 55.7 Å². The second-order valence-electron chi connectivity index (χ2n) is 9.27. The van der Waals surface area contributed by atoms with Gasteiger partial charge >= 0.3 is 6.09 Å². The van der Waals surface area contributed by atoms with Gasteiger partial charge in [0.15, 0.2) is 20.7 Å². The van der Waals surface area contributed by atoms with E-state index in [0.29, 0.717) is 6.54 Å². The summed E-state index contributed by atoms with van der Waals surface area (Å²) >= 11 is 12.6. The number of hydrogen-bond donors (Lipinski definition) is 0. The Morgan fingerprint density at radius 1 is 1.15 bits per heavy atom. The molecule has 0 bridgehead atoms. The number of amides is 2. The van der Waals surface area contributed by atoms with Crippen LogP contribution < -0.4 is 9.64 Å². The van der Waals surface area contributed by atoms with Crippen molar-refractivity contribution < 1.29 is 27.5 Å². The van der Waals surface area contributed by atoms with Crippen LogP contribution in [0.3, 0.4) is 0 Å². The van der Waals surface area contributed by atoms with Crippen molar-refractivity contribution in [3.05, 3.63) is 15.7 Å². The van der Waals surface area contributed by atoms with Crippen LogP contribution in [0.5, 0.6) is 5.75 Å². The number of anilines is 1. The average molecular weight is 521 g/mol. The molecule has 0 saturated carbocycles. The number of nitrogens with zero attached hydrogens (tertiary/aromatic N) is 4. The van der Waals surface area contributed by atoms with Gasteiger partial charge in [-0.05, 0) is 20.8 Å². The summed E-state index contributed by atoms with van der Waals surface area (Å²) in [5, 5.41) is -0.000793. The predicted molar refractivity (Wildman–Crippen MR) is 123 cm³/mol. The lowest BCUT2D eigenvalue weighted by atomic mass is 10.1. The van der Waals surface area contributed by atoms with Gasteiger partial charge in [0.1, 0.15) is 28.6 Å². The maximum atomic E-state index is 13.7. The third-order valence-electron chi connectivity index (χ3n) is 5.71. The van der Waals surface area contributed by atoms with Crippen LogP contribution >= 0.6 is 23.2 Å². The van der Waals surface area contributed by atoms with E-state index in [-0.39, 0.29) is 77.5 Å². The number of carbonyl (C=O) groups is 2. The fraction of sp³-hybridized carbons (Fsp3) is 0.650. The minimum atomic E-state index is -3.13. The van der Waals surface area contributed by atoms with E-state index in [2.05, 4.69) is 4.98 Å². The topological polar surface area (TPSA) is 109 Å². The van der Waals surface area contributed by atoms with Crippen molar-refractivity contribution >= 4 is 50.9 Å². The van der Waals surface area contributed by atoms with Gasteiger partial charge in [0.05, 0.1) is 17.5 Å². The molecule has 1 aromatic rings. The largest absolute Gasteiger partial charge is 0.489 e. The molecule has 2 fully saturated rings. The molecule has 3 aliphatic rings. The molecule has 4 heterocycles. The van der Waals surface area contributed by atoms with Crippen molar-refractivity contribution in [3.8, 4) is 5.75 Å². The molecule has 0 unspecified atom stereocenters. The highest BCUT2D eigenvalue weighted by Crippen LogP contribution is 2.42. The molecule has 0 N–H and O–H groups in total. The lowest BCUT2D eigenvalue weighted by Crippen LogP contribution is -2.58. The number of rotatable bonds is 1. The number of hydrogen-bond acceptors (Lipinski definition) is 8. The van der Waals surface area contributed by atoms with Gasteiger partial charge in [-0.3, -0.25) is 4.79 Å². The summed E-state index contributed by atoms with van der Waals surface area (Å²) in [6, 6.07) is -0.421. The van der Waals surface area contributed by atoms with E-state index in [1.165, 1.54) is 0 Å². The molecule has 2 amide bonds. The summed E-state index contributed by atoms with van der Waals surface area (Å²) in [7, 11) is -3.13. The number of ether oxygens (including phenoxy) is 2. The van der Waals surface area contributed by atoms with Gasteiger partial charge in [0, 0.05) is 32.7 Å². The van der Waals surface area contributed by atoms with Gasteiger partial charge in [0.2, 0.25) is 0 Å². The first-order valence-electron chi connectivity index (χ1n) is 10.6. The van der Waals surface area contributed by atoms with Crippen molar-refractivity contribution in [1.29, 1.82) is 0 Å². The second-order valence-corrected chi connectivity index (χ2v) is 12.3. The molecule has 1 atom stereocenters. The quantitative estimate of drug-likeness (QED) is 0.517. The highest BCUT2D eigenvalue weighted by Gasteiger charge is 2.41. The molecule has 182 valence electrons. The Balaban J connectivity index is 1.63. The Morgan fingerprint density at radius 2 is 1.82 bits per heavy atom. The monoisotopic (exact) mass is 520 g/mol. The third-order valence-corrected chi connectivity index (χ3v) is 8.04. The Bertz CT molecular complexity index is 1080. The summed E-state index contributed by atoms with van der Waals surface area (Å²) in [5.41, 5.74) is -0.468. The van der Waals surface area contributed by atoms with E-state index in [4.69, 9.17) is 32.7 Å². The van der Waals surface area contributed by atoms with E-state index in [1.807, 2.05) is 0 Å². The lowest BCUT2D eigenvalue weighted by Gasteiger charge is -2.40. The van der Waals surface area contributed by atoms with E-state index in [9.17, 15) is 18.0 Å². The van der Waals surface area contributed by atoms with Crippen LogP contribution in [0, 0.1) is 0 Å². The molecule has 0 spiro atoms.